The molecule has 0 unspecified atom stereocenters. The summed E-state index contributed by atoms with van der Waals surface area (Å²) in [6, 6.07) is 7.31. The number of nitrogens with zero attached hydrogens (tertiary/aromatic N) is 1. The van der Waals surface area contributed by atoms with Crippen LogP contribution in [0.5, 0.6) is 5.75 Å². The summed E-state index contributed by atoms with van der Waals surface area (Å²) in [6.07, 6.45) is 2.55. The van der Waals surface area contributed by atoms with Gasteiger partial charge >= 0.3 is 0 Å². The van der Waals surface area contributed by atoms with E-state index in [2.05, 4.69) is 19.0 Å². The average Bonchev–Trinajstić information content (AvgIpc) is 2.84. The number of rotatable bonds is 5. The Hall–Kier alpha value is -1.48. The predicted octanol–water partition coefficient (Wildman–Crippen LogP) is 4.42. The van der Waals surface area contributed by atoms with Crippen molar-refractivity contribution >= 4 is 11.6 Å². The van der Waals surface area contributed by atoms with Gasteiger partial charge in [-0.2, -0.15) is 0 Å². The van der Waals surface area contributed by atoms with Crippen molar-refractivity contribution in [2.24, 2.45) is 5.92 Å². The SMILES string of the molecule is CC(C)CCOc1ccc(Cl)cc1-c1ccon1. The molecule has 4 heteroatoms. The molecule has 0 N–H and O–H groups in total. The van der Waals surface area contributed by atoms with Crippen LogP contribution in [-0.2, 0) is 0 Å². The fourth-order valence-corrected chi connectivity index (χ4v) is 1.76. The third-order valence-corrected chi connectivity index (χ3v) is 2.84. The first-order chi connectivity index (χ1) is 8.66. The second kappa shape index (κ2) is 5.91. The summed E-state index contributed by atoms with van der Waals surface area (Å²) in [5, 5.41) is 4.57. The van der Waals surface area contributed by atoms with Crippen LogP contribution < -0.4 is 4.74 Å². The van der Waals surface area contributed by atoms with Crippen molar-refractivity contribution < 1.29 is 9.26 Å². The molecule has 0 aliphatic rings. The molecule has 0 aliphatic carbocycles. The summed E-state index contributed by atoms with van der Waals surface area (Å²) in [4.78, 5) is 0. The van der Waals surface area contributed by atoms with E-state index < -0.39 is 0 Å². The van der Waals surface area contributed by atoms with Gasteiger partial charge in [-0.05, 0) is 30.5 Å². The number of benzene rings is 1. The largest absolute Gasteiger partial charge is 0.493 e. The number of ether oxygens (including phenoxy) is 1. The van der Waals surface area contributed by atoms with Crippen molar-refractivity contribution in [3.63, 3.8) is 0 Å². The van der Waals surface area contributed by atoms with Crippen molar-refractivity contribution in [1.29, 1.82) is 0 Å². The highest BCUT2D eigenvalue weighted by molar-refractivity contribution is 6.30. The van der Waals surface area contributed by atoms with E-state index in [1.165, 1.54) is 6.26 Å². The van der Waals surface area contributed by atoms with E-state index in [-0.39, 0.29) is 0 Å². The van der Waals surface area contributed by atoms with Gasteiger partial charge in [-0.15, -0.1) is 0 Å². The lowest BCUT2D eigenvalue weighted by atomic mass is 10.1. The van der Waals surface area contributed by atoms with E-state index in [9.17, 15) is 0 Å². The van der Waals surface area contributed by atoms with Gasteiger partial charge in [0.25, 0.3) is 0 Å². The van der Waals surface area contributed by atoms with Gasteiger partial charge in [0.2, 0.25) is 0 Å². The normalized spacial score (nSPS) is 10.9. The Balaban J connectivity index is 2.19. The summed E-state index contributed by atoms with van der Waals surface area (Å²) >= 11 is 6.00. The zero-order chi connectivity index (χ0) is 13.0. The molecule has 0 amide bonds. The minimum atomic E-state index is 0.618. The van der Waals surface area contributed by atoms with E-state index in [0.29, 0.717) is 17.5 Å². The van der Waals surface area contributed by atoms with Crippen LogP contribution in [0.2, 0.25) is 5.02 Å². The molecule has 2 rings (SSSR count). The summed E-state index contributed by atoms with van der Waals surface area (Å²) < 4.78 is 10.6. The lowest BCUT2D eigenvalue weighted by Crippen LogP contribution is -2.02. The van der Waals surface area contributed by atoms with Gasteiger partial charge < -0.3 is 9.26 Å². The molecule has 1 aromatic carbocycles. The first kappa shape index (κ1) is 13.0. The number of hydrogen-bond acceptors (Lipinski definition) is 3. The van der Waals surface area contributed by atoms with Gasteiger partial charge in [0.15, 0.2) is 0 Å². The first-order valence-electron chi connectivity index (χ1n) is 6.00. The maximum absolute atomic E-state index is 6.00. The summed E-state index contributed by atoms with van der Waals surface area (Å²) in [5.74, 6) is 1.40. The van der Waals surface area contributed by atoms with E-state index in [1.54, 1.807) is 6.07 Å². The zero-order valence-corrected chi connectivity index (χ0v) is 11.3. The molecule has 0 radical (unpaired) electrons. The van der Waals surface area contributed by atoms with Gasteiger partial charge in [-0.25, -0.2) is 0 Å². The van der Waals surface area contributed by atoms with Gasteiger partial charge in [0.05, 0.1) is 6.61 Å². The third-order valence-electron chi connectivity index (χ3n) is 2.61. The molecule has 0 saturated heterocycles. The highest BCUT2D eigenvalue weighted by atomic mass is 35.5. The fourth-order valence-electron chi connectivity index (χ4n) is 1.58. The summed E-state index contributed by atoms with van der Waals surface area (Å²) in [7, 11) is 0. The van der Waals surface area contributed by atoms with Crippen LogP contribution in [0, 0.1) is 5.92 Å². The van der Waals surface area contributed by atoms with Crippen LogP contribution in [0.3, 0.4) is 0 Å². The Kier molecular flexibility index (Phi) is 4.26. The zero-order valence-electron chi connectivity index (χ0n) is 10.5. The molecule has 18 heavy (non-hydrogen) atoms. The molecular formula is C14H16ClNO2. The van der Waals surface area contributed by atoms with Gasteiger partial charge in [0, 0.05) is 16.7 Å². The molecule has 0 aliphatic heterocycles. The highest BCUT2D eigenvalue weighted by Gasteiger charge is 2.10. The van der Waals surface area contributed by atoms with Crippen molar-refractivity contribution in [3.05, 3.63) is 35.6 Å². The van der Waals surface area contributed by atoms with Crippen LogP contribution in [0.1, 0.15) is 20.3 Å². The third kappa shape index (κ3) is 3.26. The van der Waals surface area contributed by atoms with E-state index in [0.717, 1.165) is 23.4 Å². The van der Waals surface area contributed by atoms with Crippen LogP contribution >= 0.6 is 11.6 Å². The fraction of sp³-hybridized carbons (Fsp3) is 0.357. The Morgan fingerprint density at radius 1 is 1.33 bits per heavy atom. The number of hydrogen-bond donors (Lipinski definition) is 0. The molecule has 96 valence electrons. The van der Waals surface area contributed by atoms with E-state index >= 15 is 0 Å². The van der Waals surface area contributed by atoms with Crippen LogP contribution in [0.15, 0.2) is 35.1 Å². The monoisotopic (exact) mass is 265 g/mol. The average molecular weight is 266 g/mol. The second-order valence-electron chi connectivity index (χ2n) is 4.56. The minimum Gasteiger partial charge on any atom is -0.493 e. The summed E-state index contributed by atoms with van der Waals surface area (Å²) in [5.41, 5.74) is 1.59. The van der Waals surface area contributed by atoms with E-state index in [1.807, 2.05) is 18.2 Å². The quantitative estimate of drug-likeness (QED) is 0.803. The molecular weight excluding hydrogens is 250 g/mol. The van der Waals surface area contributed by atoms with Crippen molar-refractivity contribution in [2.75, 3.05) is 6.61 Å². The molecule has 0 fully saturated rings. The van der Waals surface area contributed by atoms with Crippen molar-refractivity contribution in [3.8, 4) is 17.0 Å². The molecule has 0 spiro atoms. The second-order valence-corrected chi connectivity index (χ2v) is 4.99. The lowest BCUT2D eigenvalue weighted by Gasteiger charge is -2.11. The Bertz CT molecular complexity index is 495. The van der Waals surface area contributed by atoms with Crippen LogP contribution in [-0.4, -0.2) is 11.8 Å². The molecule has 0 atom stereocenters. The van der Waals surface area contributed by atoms with E-state index in [4.69, 9.17) is 20.9 Å². The molecule has 1 aromatic heterocycles. The standard InChI is InChI=1S/C14H16ClNO2/c1-10(2)5-7-17-14-4-3-11(15)9-12(14)13-6-8-18-16-13/h3-4,6,8-10H,5,7H2,1-2H3. The molecule has 2 aromatic rings. The number of aromatic nitrogens is 1. The van der Waals surface area contributed by atoms with Crippen LogP contribution in [0.25, 0.3) is 11.3 Å². The Labute approximate surface area is 112 Å². The van der Waals surface area contributed by atoms with Gasteiger partial charge in [-0.1, -0.05) is 30.6 Å². The number of halogens is 1. The topological polar surface area (TPSA) is 35.3 Å². The first-order valence-corrected chi connectivity index (χ1v) is 6.37. The minimum absolute atomic E-state index is 0.618. The van der Waals surface area contributed by atoms with Crippen molar-refractivity contribution in [1.82, 2.24) is 5.16 Å². The Morgan fingerprint density at radius 3 is 2.83 bits per heavy atom. The molecule has 1 heterocycles. The van der Waals surface area contributed by atoms with Crippen molar-refractivity contribution in [2.45, 2.75) is 20.3 Å². The molecule has 0 saturated carbocycles. The highest BCUT2D eigenvalue weighted by Crippen LogP contribution is 2.31. The molecule has 0 bridgehead atoms. The maximum atomic E-state index is 6.00. The smallest absolute Gasteiger partial charge is 0.128 e. The Morgan fingerprint density at radius 2 is 2.17 bits per heavy atom. The van der Waals surface area contributed by atoms with Crippen LogP contribution in [0.4, 0.5) is 0 Å². The maximum Gasteiger partial charge on any atom is 0.128 e. The van der Waals surface area contributed by atoms with Gasteiger partial charge in [-0.3, -0.25) is 0 Å². The van der Waals surface area contributed by atoms with Gasteiger partial charge in [0.1, 0.15) is 17.7 Å². The molecule has 3 nitrogen and oxygen atoms in total. The summed E-state index contributed by atoms with van der Waals surface area (Å²) in [6.45, 7) is 5.03. The lowest BCUT2D eigenvalue weighted by molar-refractivity contribution is 0.290. The predicted molar refractivity (Wildman–Crippen MR) is 71.9 cm³/mol.